The first kappa shape index (κ1) is 36.7. The van der Waals surface area contributed by atoms with Gasteiger partial charge < -0.3 is 39.1 Å². The normalized spacial score (nSPS) is 12.1. The molecule has 10 nitrogen and oxygen atoms in total. The van der Waals surface area contributed by atoms with Crippen LogP contribution in [0.25, 0.3) is 11.1 Å². The summed E-state index contributed by atoms with van der Waals surface area (Å²) >= 11 is 5.65. The van der Waals surface area contributed by atoms with Crippen molar-refractivity contribution in [2.75, 3.05) is 91.6 Å². The molecule has 0 fully saturated rings. The van der Waals surface area contributed by atoms with Gasteiger partial charge in [0.05, 0.1) is 59.5 Å². The van der Waals surface area contributed by atoms with E-state index in [1.807, 2.05) is 24.3 Å². The number of hydrogen-bond acceptors (Lipinski definition) is 8. The molecule has 2 aromatic carbocycles. The van der Waals surface area contributed by atoms with Gasteiger partial charge in [0.2, 0.25) is 5.91 Å². The number of carbonyl (C=O) groups excluding carboxylic acids is 2. The lowest BCUT2D eigenvalue weighted by atomic mass is 9.98. The number of benzene rings is 2. The standard InChI is InChI=1S/C34H49ClN2O8/c35-14-7-1-2-8-17-40-21-23-42-19-15-36-33(38)13-18-41-22-25-44-26-24-43-20-16-37-34(39)45-27-32-30-11-5-3-9-28(30)29-10-4-6-12-31(29)32/h3-6,9-12,32H,1-2,7-8,13-27H2,(H,36,38)(H,37,39). The van der Waals surface area contributed by atoms with E-state index in [4.69, 9.17) is 40.0 Å². The lowest BCUT2D eigenvalue weighted by molar-refractivity contribution is -0.122. The number of nitrogens with one attached hydrogen (secondary N) is 2. The van der Waals surface area contributed by atoms with Crippen molar-refractivity contribution in [2.45, 2.75) is 38.0 Å². The van der Waals surface area contributed by atoms with Crippen LogP contribution in [0.15, 0.2) is 48.5 Å². The molecule has 250 valence electrons. The van der Waals surface area contributed by atoms with Crippen LogP contribution >= 0.6 is 11.6 Å². The third-order valence-electron chi connectivity index (χ3n) is 7.19. The van der Waals surface area contributed by atoms with Crippen molar-refractivity contribution in [3.05, 3.63) is 59.7 Å². The fraction of sp³-hybridized carbons (Fsp3) is 0.588. The van der Waals surface area contributed by atoms with Gasteiger partial charge in [-0.1, -0.05) is 61.4 Å². The molecule has 0 saturated heterocycles. The van der Waals surface area contributed by atoms with Crippen LogP contribution in [-0.2, 0) is 33.2 Å². The largest absolute Gasteiger partial charge is 0.449 e. The number of fused-ring (bicyclic) bond motifs is 3. The molecule has 45 heavy (non-hydrogen) atoms. The number of hydrogen-bond donors (Lipinski definition) is 2. The highest BCUT2D eigenvalue weighted by atomic mass is 35.5. The van der Waals surface area contributed by atoms with Crippen LogP contribution < -0.4 is 10.6 Å². The average Bonchev–Trinajstić information content (AvgIpc) is 3.38. The predicted molar refractivity (Wildman–Crippen MR) is 174 cm³/mol. The van der Waals surface area contributed by atoms with E-state index < -0.39 is 6.09 Å². The lowest BCUT2D eigenvalue weighted by Crippen LogP contribution is -2.29. The number of alkyl carbamates (subject to hydrolysis) is 1. The summed E-state index contributed by atoms with van der Waals surface area (Å²) < 4.78 is 32.9. The van der Waals surface area contributed by atoms with Gasteiger partial charge >= 0.3 is 6.09 Å². The quantitative estimate of drug-likeness (QED) is 0.109. The molecule has 0 aromatic heterocycles. The summed E-state index contributed by atoms with van der Waals surface area (Å²) in [6.45, 7) is 5.66. The predicted octanol–water partition coefficient (Wildman–Crippen LogP) is 4.91. The highest BCUT2D eigenvalue weighted by Crippen LogP contribution is 2.44. The number of amides is 2. The molecule has 0 atom stereocenters. The Hall–Kier alpha value is -2.73. The van der Waals surface area contributed by atoms with Crippen LogP contribution in [0, 0.1) is 0 Å². The molecule has 2 aromatic rings. The Balaban J connectivity index is 1.05. The third-order valence-corrected chi connectivity index (χ3v) is 7.46. The van der Waals surface area contributed by atoms with Crippen molar-refractivity contribution >= 4 is 23.6 Å². The summed E-state index contributed by atoms with van der Waals surface area (Å²) in [6.07, 6.45) is 4.21. The number of rotatable bonds is 26. The lowest BCUT2D eigenvalue weighted by Gasteiger charge is -2.14. The summed E-state index contributed by atoms with van der Waals surface area (Å²) in [5.41, 5.74) is 4.76. The molecule has 0 bridgehead atoms. The maximum Gasteiger partial charge on any atom is 0.407 e. The Kier molecular flexibility index (Phi) is 19.3. The Morgan fingerprint density at radius 2 is 1.11 bits per heavy atom. The van der Waals surface area contributed by atoms with Gasteiger partial charge in [0.15, 0.2) is 0 Å². The monoisotopic (exact) mass is 648 g/mol. The Morgan fingerprint density at radius 1 is 0.600 bits per heavy atom. The molecule has 0 unspecified atom stereocenters. The van der Waals surface area contributed by atoms with E-state index in [2.05, 4.69) is 34.9 Å². The average molecular weight is 649 g/mol. The minimum absolute atomic E-state index is 0.0331. The molecule has 1 aliphatic rings. The van der Waals surface area contributed by atoms with Gasteiger partial charge in [-0.3, -0.25) is 4.79 Å². The van der Waals surface area contributed by atoms with Crippen LogP contribution in [0.4, 0.5) is 4.79 Å². The van der Waals surface area contributed by atoms with Gasteiger partial charge in [0.1, 0.15) is 6.61 Å². The molecule has 0 aliphatic heterocycles. The maximum atomic E-state index is 12.2. The van der Waals surface area contributed by atoms with Crippen molar-refractivity contribution < 1.29 is 38.0 Å². The number of alkyl halides is 1. The van der Waals surface area contributed by atoms with Gasteiger partial charge in [-0.05, 0) is 35.1 Å². The van der Waals surface area contributed by atoms with E-state index >= 15 is 0 Å². The minimum Gasteiger partial charge on any atom is -0.449 e. The van der Waals surface area contributed by atoms with Crippen LogP contribution in [-0.4, -0.2) is 104 Å². The van der Waals surface area contributed by atoms with Crippen molar-refractivity contribution in [1.82, 2.24) is 10.6 Å². The second kappa shape index (κ2) is 23.6. The topological polar surface area (TPSA) is 114 Å². The van der Waals surface area contributed by atoms with Gasteiger partial charge in [0.25, 0.3) is 0 Å². The number of unbranched alkanes of at least 4 members (excludes halogenated alkanes) is 3. The fourth-order valence-electron chi connectivity index (χ4n) is 4.91. The first-order valence-corrected chi connectivity index (χ1v) is 16.5. The molecule has 2 N–H and O–H groups in total. The number of ether oxygens (including phenoxy) is 6. The van der Waals surface area contributed by atoms with Crippen LogP contribution in [0.5, 0.6) is 0 Å². The van der Waals surface area contributed by atoms with E-state index in [0.717, 1.165) is 38.2 Å². The van der Waals surface area contributed by atoms with E-state index in [1.54, 1.807) is 0 Å². The zero-order valence-corrected chi connectivity index (χ0v) is 27.0. The van der Waals surface area contributed by atoms with Gasteiger partial charge in [0, 0.05) is 37.9 Å². The van der Waals surface area contributed by atoms with E-state index in [0.29, 0.717) is 72.6 Å². The number of carbonyl (C=O) groups is 2. The summed E-state index contributed by atoms with van der Waals surface area (Å²) in [5, 5.41) is 5.53. The van der Waals surface area contributed by atoms with Gasteiger partial charge in [-0.15, -0.1) is 11.6 Å². The summed E-state index contributed by atoms with van der Waals surface area (Å²) in [7, 11) is 0. The molecule has 11 heteroatoms. The fourth-order valence-corrected chi connectivity index (χ4v) is 5.10. The molecule has 2 amide bonds. The maximum absolute atomic E-state index is 12.2. The van der Waals surface area contributed by atoms with Gasteiger partial charge in [-0.25, -0.2) is 4.79 Å². The summed E-state index contributed by atoms with van der Waals surface area (Å²) in [4.78, 5) is 24.1. The second-order valence-electron chi connectivity index (χ2n) is 10.5. The van der Waals surface area contributed by atoms with E-state index in [-0.39, 0.29) is 24.9 Å². The molecule has 0 radical (unpaired) electrons. The Morgan fingerprint density at radius 3 is 1.73 bits per heavy atom. The molecule has 0 spiro atoms. The highest BCUT2D eigenvalue weighted by molar-refractivity contribution is 6.17. The number of halogens is 1. The van der Waals surface area contributed by atoms with Crippen molar-refractivity contribution in [3.8, 4) is 11.1 Å². The zero-order chi connectivity index (χ0) is 31.8. The summed E-state index contributed by atoms with van der Waals surface area (Å²) in [6, 6.07) is 16.5. The first-order chi connectivity index (χ1) is 22.2. The SMILES string of the molecule is O=C(CCOCCOCCOCCNC(=O)OCC1c2ccccc2-c2ccccc21)NCCOCCOCCCCCCCl. The third kappa shape index (κ3) is 14.9. The van der Waals surface area contributed by atoms with Crippen LogP contribution in [0.3, 0.4) is 0 Å². The summed E-state index contributed by atoms with van der Waals surface area (Å²) in [5.74, 6) is 0.681. The van der Waals surface area contributed by atoms with Crippen LogP contribution in [0.2, 0.25) is 0 Å². The highest BCUT2D eigenvalue weighted by Gasteiger charge is 2.28. The van der Waals surface area contributed by atoms with Crippen molar-refractivity contribution in [2.24, 2.45) is 0 Å². The molecule has 1 aliphatic carbocycles. The molecular weight excluding hydrogens is 600 g/mol. The Labute approximate surface area is 272 Å². The van der Waals surface area contributed by atoms with Crippen molar-refractivity contribution in [1.29, 1.82) is 0 Å². The molecule has 0 heterocycles. The van der Waals surface area contributed by atoms with Gasteiger partial charge in [-0.2, -0.15) is 0 Å². The second-order valence-corrected chi connectivity index (χ2v) is 10.9. The minimum atomic E-state index is -0.461. The molecule has 0 saturated carbocycles. The first-order valence-electron chi connectivity index (χ1n) is 16.0. The zero-order valence-electron chi connectivity index (χ0n) is 26.3. The van der Waals surface area contributed by atoms with E-state index in [9.17, 15) is 9.59 Å². The Bertz CT molecular complexity index is 1060. The van der Waals surface area contributed by atoms with Crippen molar-refractivity contribution in [3.63, 3.8) is 0 Å². The molecular formula is C34H49ClN2O8. The van der Waals surface area contributed by atoms with E-state index in [1.165, 1.54) is 22.3 Å². The smallest absolute Gasteiger partial charge is 0.407 e. The van der Waals surface area contributed by atoms with Crippen LogP contribution in [0.1, 0.15) is 49.1 Å². The molecule has 3 rings (SSSR count).